The summed E-state index contributed by atoms with van der Waals surface area (Å²) in [6.07, 6.45) is 1.35. The van der Waals surface area contributed by atoms with Crippen LogP contribution in [0.5, 0.6) is 5.75 Å². The van der Waals surface area contributed by atoms with Crippen molar-refractivity contribution in [3.63, 3.8) is 0 Å². The average molecular weight is 457 g/mol. The maximum Gasteiger partial charge on any atom is 0.344 e. The molecule has 1 N–H and O–H groups in total. The molecule has 0 saturated carbocycles. The minimum Gasteiger partial charge on any atom is -0.481 e. The molecule has 1 aromatic carbocycles. The van der Waals surface area contributed by atoms with Crippen LogP contribution in [0.25, 0.3) is 6.08 Å². The Morgan fingerprint density at radius 2 is 1.81 bits per heavy atom. The van der Waals surface area contributed by atoms with Gasteiger partial charge >= 0.3 is 11.9 Å². The molecular formula is C23H24N2O6S. The Bertz CT molecular complexity index is 1080. The number of hydrogen-bond acceptors (Lipinski definition) is 8. The highest BCUT2D eigenvalue weighted by molar-refractivity contribution is 7.16. The Kier molecular flexibility index (Phi) is 8.98. The van der Waals surface area contributed by atoms with Gasteiger partial charge in [0.2, 0.25) is 0 Å². The van der Waals surface area contributed by atoms with Gasteiger partial charge in [-0.3, -0.25) is 4.79 Å². The van der Waals surface area contributed by atoms with Crippen LogP contribution in [0.15, 0.2) is 29.8 Å². The lowest BCUT2D eigenvalue weighted by Gasteiger charge is -2.09. The van der Waals surface area contributed by atoms with Crippen LogP contribution >= 0.6 is 11.3 Å². The van der Waals surface area contributed by atoms with Crippen molar-refractivity contribution in [2.45, 2.75) is 27.7 Å². The van der Waals surface area contributed by atoms with Crippen molar-refractivity contribution in [2.75, 3.05) is 25.1 Å². The highest BCUT2D eigenvalue weighted by Gasteiger charge is 2.23. The number of carbonyl (C=O) groups is 3. The smallest absolute Gasteiger partial charge is 0.344 e. The number of esters is 2. The minimum atomic E-state index is -0.681. The van der Waals surface area contributed by atoms with E-state index in [1.54, 1.807) is 45.0 Å². The second-order valence-electron chi connectivity index (χ2n) is 6.46. The van der Waals surface area contributed by atoms with Crippen LogP contribution in [0.4, 0.5) is 5.00 Å². The van der Waals surface area contributed by atoms with Crippen LogP contribution < -0.4 is 10.1 Å². The van der Waals surface area contributed by atoms with E-state index in [-0.39, 0.29) is 31.0 Å². The first-order chi connectivity index (χ1) is 15.3. The van der Waals surface area contributed by atoms with E-state index >= 15 is 0 Å². The summed E-state index contributed by atoms with van der Waals surface area (Å²) in [7, 11) is 0. The van der Waals surface area contributed by atoms with Crippen LogP contribution in [0.1, 0.15) is 40.2 Å². The first-order valence-electron chi connectivity index (χ1n) is 9.90. The molecule has 1 heterocycles. The second kappa shape index (κ2) is 11.7. The Balaban J connectivity index is 2.29. The normalized spacial score (nSPS) is 10.8. The number of rotatable bonds is 9. The van der Waals surface area contributed by atoms with E-state index in [1.807, 2.05) is 13.0 Å². The summed E-state index contributed by atoms with van der Waals surface area (Å²) >= 11 is 1.23. The van der Waals surface area contributed by atoms with Gasteiger partial charge in [-0.1, -0.05) is 18.2 Å². The molecule has 8 nitrogen and oxygen atoms in total. The van der Waals surface area contributed by atoms with Gasteiger partial charge in [0.1, 0.15) is 22.4 Å². The molecule has 0 atom stereocenters. The predicted octanol–water partition coefficient (Wildman–Crippen LogP) is 4.03. The monoisotopic (exact) mass is 456 g/mol. The Morgan fingerprint density at radius 3 is 2.47 bits per heavy atom. The van der Waals surface area contributed by atoms with Gasteiger partial charge in [-0.15, -0.1) is 11.3 Å². The Morgan fingerprint density at radius 1 is 1.12 bits per heavy atom. The van der Waals surface area contributed by atoms with Crippen molar-refractivity contribution in [3.8, 4) is 11.8 Å². The molecule has 0 radical (unpaired) electrons. The first-order valence-corrected chi connectivity index (χ1v) is 10.7. The summed E-state index contributed by atoms with van der Waals surface area (Å²) in [5.41, 5.74) is 1.23. The van der Waals surface area contributed by atoms with Gasteiger partial charge in [-0.05, 0) is 45.4 Å². The summed E-state index contributed by atoms with van der Waals surface area (Å²) in [4.78, 5) is 37.5. The topological polar surface area (TPSA) is 115 Å². The molecule has 0 unspecified atom stereocenters. The number of nitrogens with zero attached hydrogens (tertiary/aromatic N) is 1. The molecule has 32 heavy (non-hydrogen) atoms. The Hall–Kier alpha value is -3.64. The van der Waals surface area contributed by atoms with E-state index in [1.165, 1.54) is 17.4 Å². The summed E-state index contributed by atoms with van der Waals surface area (Å²) in [6.45, 7) is 7.12. The minimum absolute atomic E-state index is 0.198. The number of aryl methyl sites for hydroxylation is 1. The molecule has 0 saturated heterocycles. The highest BCUT2D eigenvalue weighted by Crippen LogP contribution is 2.33. The van der Waals surface area contributed by atoms with Crippen LogP contribution in [0.2, 0.25) is 0 Å². The molecule has 0 aliphatic carbocycles. The van der Waals surface area contributed by atoms with Crippen LogP contribution in [0, 0.1) is 25.2 Å². The van der Waals surface area contributed by atoms with Crippen molar-refractivity contribution in [1.82, 2.24) is 0 Å². The number of thiophene rings is 1. The van der Waals surface area contributed by atoms with Crippen LogP contribution in [0.3, 0.4) is 0 Å². The second-order valence-corrected chi connectivity index (χ2v) is 7.69. The molecule has 0 spiro atoms. The van der Waals surface area contributed by atoms with Gasteiger partial charge < -0.3 is 19.5 Å². The molecule has 0 aliphatic rings. The zero-order valence-corrected chi connectivity index (χ0v) is 19.1. The highest BCUT2D eigenvalue weighted by atomic mass is 32.1. The van der Waals surface area contributed by atoms with E-state index in [4.69, 9.17) is 14.2 Å². The zero-order valence-electron chi connectivity index (χ0n) is 18.3. The summed E-state index contributed by atoms with van der Waals surface area (Å²) in [6, 6.07) is 8.54. The molecular weight excluding hydrogens is 432 g/mol. The van der Waals surface area contributed by atoms with Crippen molar-refractivity contribution in [1.29, 1.82) is 5.26 Å². The summed E-state index contributed by atoms with van der Waals surface area (Å²) in [5, 5.41) is 12.5. The average Bonchev–Trinajstić information content (AvgIpc) is 3.04. The number of para-hydroxylation sites is 1. The fourth-order valence-corrected chi connectivity index (χ4v) is 3.75. The molecule has 2 aromatic rings. The van der Waals surface area contributed by atoms with E-state index in [0.717, 1.165) is 4.88 Å². The Labute approximate surface area is 190 Å². The third-order valence-corrected chi connectivity index (χ3v) is 5.45. The van der Waals surface area contributed by atoms with Crippen molar-refractivity contribution in [2.24, 2.45) is 0 Å². The molecule has 9 heteroatoms. The molecule has 1 aromatic heterocycles. The quantitative estimate of drug-likeness (QED) is 0.344. The summed E-state index contributed by atoms with van der Waals surface area (Å²) in [5.74, 6) is -1.43. The lowest BCUT2D eigenvalue weighted by molar-refractivity contribution is -0.145. The van der Waals surface area contributed by atoms with Gasteiger partial charge in [0.05, 0.1) is 18.8 Å². The van der Waals surface area contributed by atoms with Crippen molar-refractivity contribution < 1.29 is 28.6 Å². The van der Waals surface area contributed by atoms with E-state index < -0.39 is 17.8 Å². The predicted molar refractivity (Wildman–Crippen MR) is 121 cm³/mol. The van der Waals surface area contributed by atoms with Gasteiger partial charge in [0, 0.05) is 10.4 Å². The molecule has 168 valence electrons. The molecule has 0 bridgehead atoms. The first kappa shape index (κ1) is 24.6. The van der Waals surface area contributed by atoms with Crippen molar-refractivity contribution in [3.05, 3.63) is 51.4 Å². The van der Waals surface area contributed by atoms with Crippen molar-refractivity contribution >= 4 is 40.3 Å². The van der Waals surface area contributed by atoms with Gasteiger partial charge in [-0.25, -0.2) is 9.59 Å². The SMILES string of the molecule is CCOC(=O)COc1ccccc1C=C(C#N)C(=O)Nc1sc(C)c(C)c1C(=O)OCC. The largest absolute Gasteiger partial charge is 0.481 e. The number of anilines is 1. The maximum absolute atomic E-state index is 12.8. The third-order valence-electron chi connectivity index (χ3n) is 4.33. The third kappa shape index (κ3) is 6.18. The lowest BCUT2D eigenvalue weighted by atomic mass is 10.1. The number of nitrogens with one attached hydrogen (secondary N) is 1. The molecule has 1 amide bonds. The number of amides is 1. The van der Waals surface area contributed by atoms with Gasteiger partial charge in [0.25, 0.3) is 5.91 Å². The number of carbonyl (C=O) groups excluding carboxylic acids is 3. The van der Waals surface area contributed by atoms with Crippen LogP contribution in [-0.4, -0.2) is 37.7 Å². The van der Waals surface area contributed by atoms with Gasteiger partial charge in [-0.2, -0.15) is 5.26 Å². The van der Waals surface area contributed by atoms with E-state index in [9.17, 15) is 19.6 Å². The molecule has 2 rings (SSSR count). The molecule has 0 aliphatic heterocycles. The lowest BCUT2D eigenvalue weighted by Crippen LogP contribution is -2.16. The van der Waals surface area contributed by atoms with E-state index in [2.05, 4.69) is 5.32 Å². The number of benzene rings is 1. The standard InChI is InChI=1S/C23H24N2O6S/c1-5-29-19(26)13-31-18-10-8-7-9-16(18)11-17(12-24)21(27)25-22-20(23(28)30-6-2)14(3)15(4)32-22/h7-11H,5-6,13H2,1-4H3,(H,25,27). The van der Waals surface area contributed by atoms with Crippen LogP contribution in [-0.2, 0) is 19.1 Å². The molecule has 0 fully saturated rings. The maximum atomic E-state index is 12.8. The van der Waals surface area contributed by atoms with Gasteiger partial charge in [0.15, 0.2) is 6.61 Å². The van der Waals surface area contributed by atoms with E-state index in [0.29, 0.717) is 21.9 Å². The zero-order chi connectivity index (χ0) is 23.7. The number of nitriles is 1. The number of ether oxygens (including phenoxy) is 3. The summed E-state index contributed by atoms with van der Waals surface area (Å²) < 4.78 is 15.4. The number of hydrogen-bond donors (Lipinski definition) is 1. The fourth-order valence-electron chi connectivity index (χ4n) is 2.71. The fraction of sp³-hybridized carbons (Fsp3) is 0.304.